The predicted molar refractivity (Wildman–Crippen MR) is 136 cm³/mol. The minimum atomic E-state index is -0.360. The van der Waals surface area contributed by atoms with Crippen molar-refractivity contribution < 1.29 is 9.53 Å². The van der Waals surface area contributed by atoms with E-state index in [1.807, 2.05) is 72.8 Å². The molecule has 4 aromatic rings. The van der Waals surface area contributed by atoms with Crippen LogP contribution in [-0.4, -0.2) is 24.8 Å². The van der Waals surface area contributed by atoms with Crippen LogP contribution in [0.15, 0.2) is 121 Å². The van der Waals surface area contributed by atoms with Crippen LogP contribution in [0.5, 0.6) is 0 Å². The van der Waals surface area contributed by atoms with Gasteiger partial charge in [-0.05, 0) is 35.4 Å². The molecule has 1 aliphatic rings. The molecule has 0 bridgehead atoms. The molecule has 0 saturated carbocycles. The number of para-hydroxylation sites is 2. The molecule has 0 aromatic heterocycles. The minimum Gasteiger partial charge on any atom is -0.444 e. The molecule has 1 saturated heterocycles. The number of rotatable bonds is 6. The number of carbonyl (C=O) groups excluding carboxylic acids is 1. The largest absolute Gasteiger partial charge is 0.444 e. The summed E-state index contributed by atoms with van der Waals surface area (Å²) in [4.78, 5) is 15.0. The fourth-order valence-electron chi connectivity index (χ4n) is 4.76. The summed E-state index contributed by atoms with van der Waals surface area (Å²) in [6, 6.07) is 40.5. The Kier molecular flexibility index (Phi) is 6.68. The average molecular weight is 449 g/mol. The number of anilines is 2. The van der Waals surface area contributed by atoms with Crippen LogP contribution in [0.3, 0.4) is 0 Å². The second kappa shape index (κ2) is 10.4. The molecule has 0 aliphatic carbocycles. The standard InChI is InChI=1S/C30H28N2O2/c33-30(32(25-17-9-3-10-18-25)26-19-11-4-12-20-26)34-27-21-28(31-22-27)29(23-13-5-1-6-14-23)24-15-7-2-8-16-24/h1-20,27-29,31H,21-22H2/t27-,28-/m0/s1. The fraction of sp³-hybridized carbons (Fsp3) is 0.167. The van der Waals surface area contributed by atoms with Gasteiger partial charge in [0.05, 0.1) is 11.4 Å². The topological polar surface area (TPSA) is 41.6 Å². The van der Waals surface area contributed by atoms with E-state index in [2.05, 4.69) is 53.8 Å². The summed E-state index contributed by atoms with van der Waals surface area (Å²) in [6.45, 7) is 0.629. The van der Waals surface area contributed by atoms with Crippen LogP contribution in [0.2, 0.25) is 0 Å². The first-order chi connectivity index (χ1) is 16.8. The van der Waals surface area contributed by atoms with Crippen molar-refractivity contribution in [1.29, 1.82) is 0 Å². The van der Waals surface area contributed by atoms with Crippen LogP contribution < -0.4 is 10.2 Å². The zero-order valence-electron chi connectivity index (χ0n) is 19.0. The normalized spacial score (nSPS) is 17.4. The smallest absolute Gasteiger partial charge is 0.419 e. The van der Waals surface area contributed by atoms with Crippen molar-refractivity contribution in [2.24, 2.45) is 0 Å². The summed E-state index contributed by atoms with van der Waals surface area (Å²) in [7, 11) is 0. The summed E-state index contributed by atoms with van der Waals surface area (Å²) in [5.74, 6) is 0.186. The van der Waals surface area contributed by atoms with Crippen molar-refractivity contribution in [3.63, 3.8) is 0 Å². The number of nitrogens with one attached hydrogen (secondary N) is 1. The van der Waals surface area contributed by atoms with E-state index >= 15 is 0 Å². The van der Waals surface area contributed by atoms with Crippen LogP contribution in [0.1, 0.15) is 23.5 Å². The lowest BCUT2D eigenvalue weighted by Gasteiger charge is -2.26. The number of hydrogen-bond acceptors (Lipinski definition) is 3. The highest BCUT2D eigenvalue weighted by molar-refractivity contribution is 5.96. The number of hydrogen-bond donors (Lipinski definition) is 1. The molecule has 5 rings (SSSR count). The summed E-state index contributed by atoms with van der Waals surface area (Å²) < 4.78 is 6.06. The first kappa shape index (κ1) is 21.9. The summed E-state index contributed by atoms with van der Waals surface area (Å²) in [5, 5.41) is 3.63. The Balaban J connectivity index is 1.35. The molecule has 1 aliphatic heterocycles. The molecule has 0 unspecified atom stereocenters. The van der Waals surface area contributed by atoms with Gasteiger partial charge in [-0.2, -0.15) is 0 Å². The maximum Gasteiger partial charge on any atom is 0.419 e. The zero-order valence-corrected chi connectivity index (χ0v) is 19.0. The van der Waals surface area contributed by atoms with Gasteiger partial charge in [0.2, 0.25) is 0 Å². The molecule has 1 N–H and O–H groups in total. The Morgan fingerprint density at radius 3 is 1.62 bits per heavy atom. The first-order valence-corrected chi connectivity index (χ1v) is 11.7. The van der Waals surface area contributed by atoms with Gasteiger partial charge in [0.1, 0.15) is 6.10 Å². The summed E-state index contributed by atoms with van der Waals surface area (Å²) in [6.07, 6.45) is 0.181. The number of carbonyl (C=O) groups is 1. The first-order valence-electron chi connectivity index (χ1n) is 11.7. The highest BCUT2D eigenvalue weighted by Crippen LogP contribution is 2.33. The maximum absolute atomic E-state index is 13.4. The molecule has 1 amide bonds. The molecule has 170 valence electrons. The fourth-order valence-corrected chi connectivity index (χ4v) is 4.76. The van der Waals surface area contributed by atoms with Crippen molar-refractivity contribution in [1.82, 2.24) is 5.32 Å². The zero-order chi connectivity index (χ0) is 23.2. The van der Waals surface area contributed by atoms with Gasteiger partial charge in [-0.15, -0.1) is 0 Å². The van der Waals surface area contributed by atoms with Gasteiger partial charge in [0, 0.05) is 24.9 Å². The molecule has 0 spiro atoms. The molecular formula is C30H28N2O2. The molecule has 1 heterocycles. The number of benzene rings is 4. The number of nitrogens with zero attached hydrogens (tertiary/aromatic N) is 1. The molecule has 1 fully saturated rings. The number of amides is 1. The highest BCUT2D eigenvalue weighted by atomic mass is 16.6. The van der Waals surface area contributed by atoms with E-state index in [4.69, 9.17) is 4.74 Å². The van der Waals surface area contributed by atoms with E-state index in [1.165, 1.54) is 11.1 Å². The van der Waals surface area contributed by atoms with E-state index in [-0.39, 0.29) is 24.2 Å². The van der Waals surface area contributed by atoms with E-state index < -0.39 is 0 Å². The lowest BCUT2D eigenvalue weighted by Crippen LogP contribution is -2.31. The lowest BCUT2D eigenvalue weighted by molar-refractivity contribution is 0.115. The molecule has 0 radical (unpaired) electrons. The van der Waals surface area contributed by atoms with E-state index in [0.717, 1.165) is 17.8 Å². The summed E-state index contributed by atoms with van der Waals surface area (Å²) >= 11 is 0. The van der Waals surface area contributed by atoms with Crippen LogP contribution >= 0.6 is 0 Å². The molecule has 34 heavy (non-hydrogen) atoms. The Labute approximate surface area is 200 Å². The van der Waals surface area contributed by atoms with Crippen molar-refractivity contribution in [2.75, 3.05) is 11.4 Å². The molecule has 2 atom stereocenters. The van der Waals surface area contributed by atoms with Gasteiger partial charge in [-0.1, -0.05) is 97.1 Å². The summed E-state index contributed by atoms with van der Waals surface area (Å²) in [5.41, 5.74) is 4.09. The molecule has 4 aromatic carbocycles. The van der Waals surface area contributed by atoms with Gasteiger partial charge in [-0.25, -0.2) is 9.69 Å². The van der Waals surface area contributed by atoms with E-state index in [1.54, 1.807) is 4.90 Å². The second-order valence-corrected chi connectivity index (χ2v) is 8.56. The Hall–Kier alpha value is -3.89. The average Bonchev–Trinajstić information content (AvgIpc) is 3.34. The van der Waals surface area contributed by atoms with E-state index in [0.29, 0.717) is 6.54 Å². The van der Waals surface area contributed by atoms with Crippen LogP contribution in [0.25, 0.3) is 0 Å². The van der Waals surface area contributed by atoms with Crippen molar-refractivity contribution >= 4 is 17.5 Å². The molecule has 4 heteroatoms. The number of ether oxygens (including phenoxy) is 1. The highest BCUT2D eigenvalue weighted by Gasteiger charge is 2.35. The minimum absolute atomic E-state index is 0.171. The maximum atomic E-state index is 13.4. The molecule has 4 nitrogen and oxygen atoms in total. The Bertz CT molecular complexity index is 1100. The van der Waals surface area contributed by atoms with Crippen molar-refractivity contribution in [3.8, 4) is 0 Å². The molecular weight excluding hydrogens is 420 g/mol. The monoisotopic (exact) mass is 448 g/mol. The van der Waals surface area contributed by atoms with E-state index in [9.17, 15) is 4.79 Å². The quantitative estimate of drug-likeness (QED) is 0.365. The third-order valence-electron chi connectivity index (χ3n) is 6.32. The van der Waals surface area contributed by atoms with Crippen LogP contribution in [0.4, 0.5) is 16.2 Å². The van der Waals surface area contributed by atoms with Gasteiger partial charge < -0.3 is 10.1 Å². The lowest BCUT2D eigenvalue weighted by atomic mass is 9.84. The SMILES string of the molecule is O=C(O[C@@H]1CN[C@H](C(c2ccccc2)c2ccccc2)C1)N(c1ccccc1)c1ccccc1. The van der Waals surface area contributed by atoms with Crippen LogP contribution in [-0.2, 0) is 4.74 Å². The van der Waals surface area contributed by atoms with Crippen LogP contribution in [0, 0.1) is 0 Å². The third-order valence-corrected chi connectivity index (χ3v) is 6.32. The predicted octanol–water partition coefficient (Wildman–Crippen LogP) is 6.52. The second-order valence-electron chi connectivity index (χ2n) is 8.56. The van der Waals surface area contributed by atoms with Gasteiger partial charge in [0.15, 0.2) is 0 Å². The Morgan fingerprint density at radius 2 is 1.15 bits per heavy atom. The Morgan fingerprint density at radius 1 is 0.706 bits per heavy atom. The van der Waals surface area contributed by atoms with Crippen molar-refractivity contribution in [2.45, 2.75) is 24.5 Å². The van der Waals surface area contributed by atoms with Crippen molar-refractivity contribution in [3.05, 3.63) is 132 Å². The van der Waals surface area contributed by atoms with Gasteiger partial charge in [-0.3, -0.25) is 0 Å². The van der Waals surface area contributed by atoms with Gasteiger partial charge >= 0.3 is 6.09 Å². The third kappa shape index (κ3) is 4.87. The van der Waals surface area contributed by atoms with Gasteiger partial charge in [0.25, 0.3) is 0 Å².